The van der Waals surface area contributed by atoms with Crippen molar-refractivity contribution in [3.05, 3.63) is 60.2 Å². The summed E-state index contributed by atoms with van der Waals surface area (Å²) >= 11 is 0. The molecule has 0 aromatic carbocycles. The molecule has 0 saturated heterocycles. The summed E-state index contributed by atoms with van der Waals surface area (Å²) in [5, 5.41) is 0. The van der Waals surface area contributed by atoms with Gasteiger partial charge in [-0.3, -0.25) is 19.4 Å². The molecule has 2 aromatic rings. The van der Waals surface area contributed by atoms with Crippen LogP contribution in [0.25, 0.3) is 0 Å². The van der Waals surface area contributed by atoms with Crippen LogP contribution in [0.3, 0.4) is 0 Å². The van der Waals surface area contributed by atoms with E-state index in [2.05, 4.69) is 51.8 Å². The van der Waals surface area contributed by atoms with E-state index < -0.39 is 7.81 Å². The number of nitrogens with zero attached hydrogens (tertiary/aromatic N) is 4. The van der Waals surface area contributed by atoms with E-state index in [0.717, 1.165) is 37.6 Å². The van der Waals surface area contributed by atoms with Crippen LogP contribution >= 0.6 is 7.81 Å². The van der Waals surface area contributed by atoms with Gasteiger partial charge < -0.3 is 0 Å². The molecule has 0 spiro atoms. The van der Waals surface area contributed by atoms with Crippen LogP contribution in [-0.4, -0.2) is 38.9 Å². The molecule has 11 heteroatoms. The van der Waals surface area contributed by atoms with Gasteiger partial charge in [0.05, 0.1) is 24.5 Å². The zero-order chi connectivity index (χ0) is 21.8. The fourth-order valence-corrected chi connectivity index (χ4v) is 3.06. The van der Waals surface area contributed by atoms with Crippen LogP contribution in [0.15, 0.2) is 48.8 Å². The second-order valence-electron chi connectivity index (χ2n) is 7.69. The first kappa shape index (κ1) is 23.1. The van der Waals surface area contributed by atoms with E-state index in [1.54, 1.807) is 0 Å². The van der Waals surface area contributed by atoms with Gasteiger partial charge in [0.25, 0.3) is 0 Å². The molecule has 0 saturated carbocycles. The fourth-order valence-electron chi connectivity index (χ4n) is 3.06. The van der Waals surface area contributed by atoms with Crippen LogP contribution in [0.4, 0.5) is 25.2 Å². The van der Waals surface area contributed by atoms with Crippen molar-refractivity contribution in [2.75, 3.05) is 13.1 Å². The molecule has 0 unspecified atom stereocenters. The zero-order valence-corrected chi connectivity index (χ0v) is 16.9. The molecule has 4 nitrogen and oxygen atoms in total. The van der Waals surface area contributed by atoms with Crippen LogP contribution < -0.4 is 0 Å². The average molecular weight is 440 g/mol. The third-order valence-electron chi connectivity index (χ3n) is 3.77. The summed E-state index contributed by atoms with van der Waals surface area (Å²) < 4.78 is 61.6. The van der Waals surface area contributed by atoms with Crippen LogP contribution in [0, 0.1) is 5.41 Å². The SMILES string of the molecule is CC1(C)CN(Cc2ccccn2)C=[N+](Cc2ccccn2)C1.F[P-](F)(F)(F)(F)F. The Kier molecular flexibility index (Phi) is 6.01. The predicted molar refractivity (Wildman–Crippen MR) is 101 cm³/mol. The number of rotatable bonds is 4. The topological polar surface area (TPSA) is 32.0 Å². The van der Waals surface area contributed by atoms with E-state index in [9.17, 15) is 25.2 Å². The molecule has 3 rings (SSSR count). The molecule has 0 fully saturated rings. The van der Waals surface area contributed by atoms with Gasteiger partial charge in [-0.15, -0.1) is 0 Å². The van der Waals surface area contributed by atoms with E-state index in [4.69, 9.17) is 0 Å². The van der Waals surface area contributed by atoms with Gasteiger partial charge in [-0.25, -0.2) is 0 Å². The molecule has 0 N–H and O–H groups in total. The molecule has 1 aliphatic heterocycles. The summed E-state index contributed by atoms with van der Waals surface area (Å²) in [5.74, 6) is 0. The van der Waals surface area contributed by atoms with E-state index in [-0.39, 0.29) is 5.41 Å². The van der Waals surface area contributed by atoms with E-state index in [0.29, 0.717) is 0 Å². The normalized spacial score (nSPS) is 18.6. The molecule has 2 aromatic heterocycles. The molecule has 0 radical (unpaired) electrons. The minimum absolute atomic E-state index is 0.248. The van der Waals surface area contributed by atoms with Crippen LogP contribution in [0.2, 0.25) is 0 Å². The number of aromatic nitrogens is 2. The van der Waals surface area contributed by atoms with Gasteiger partial charge in [-0.05, 0) is 24.3 Å². The van der Waals surface area contributed by atoms with E-state index >= 15 is 0 Å². The molecule has 162 valence electrons. The molecule has 1 aliphatic rings. The van der Waals surface area contributed by atoms with Crippen molar-refractivity contribution >= 4 is 14.1 Å². The molecule has 0 bridgehead atoms. The Hall–Kier alpha value is -2.22. The Bertz CT molecular complexity index is 828. The third-order valence-corrected chi connectivity index (χ3v) is 3.77. The van der Waals surface area contributed by atoms with Crippen molar-refractivity contribution in [1.29, 1.82) is 0 Å². The second kappa shape index (κ2) is 7.55. The fraction of sp³-hybridized carbons (Fsp3) is 0.389. The van der Waals surface area contributed by atoms with E-state index in [1.807, 2.05) is 36.7 Å². The van der Waals surface area contributed by atoms with Crippen molar-refractivity contribution in [3.8, 4) is 0 Å². The maximum absolute atomic E-state index is 10.7. The second-order valence-corrected chi connectivity index (χ2v) is 9.61. The standard InChI is InChI=1S/C18H23N4.F6P/c1-18(2)13-21(11-16-7-3-5-9-19-16)15-22(14-18)12-17-8-4-6-10-20-17;1-7(2,3,4,5)6/h3-10,15H,11-14H2,1-2H3;/q+1;-1. The average Bonchev–Trinajstić information content (AvgIpc) is 2.52. The Morgan fingerprint density at radius 2 is 1.45 bits per heavy atom. The summed E-state index contributed by atoms with van der Waals surface area (Å²) in [7, 11) is -10.7. The van der Waals surface area contributed by atoms with Crippen molar-refractivity contribution in [2.24, 2.45) is 5.41 Å². The van der Waals surface area contributed by atoms with Gasteiger partial charge in [0.15, 0.2) is 0 Å². The molecular weight excluding hydrogens is 417 g/mol. The molecule has 0 atom stereocenters. The Labute approximate surface area is 165 Å². The molecule has 0 amide bonds. The van der Waals surface area contributed by atoms with Gasteiger partial charge in [-0.2, -0.15) is 0 Å². The van der Waals surface area contributed by atoms with E-state index in [1.165, 1.54) is 0 Å². The number of halogens is 6. The molecule has 29 heavy (non-hydrogen) atoms. The van der Waals surface area contributed by atoms with Gasteiger partial charge in [0.1, 0.15) is 13.1 Å². The summed E-state index contributed by atoms with van der Waals surface area (Å²) in [6.07, 6.45) is 5.95. The van der Waals surface area contributed by atoms with Crippen LogP contribution in [0.1, 0.15) is 25.2 Å². The van der Waals surface area contributed by atoms with Crippen molar-refractivity contribution in [1.82, 2.24) is 14.9 Å². The maximum atomic E-state index is 9.87. The molecular formula is C18H23F6N4P. The third kappa shape index (κ3) is 11.4. The Morgan fingerprint density at radius 3 is 1.93 bits per heavy atom. The monoisotopic (exact) mass is 440 g/mol. The van der Waals surface area contributed by atoms with Crippen LogP contribution in [-0.2, 0) is 13.1 Å². The number of pyridine rings is 2. The van der Waals surface area contributed by atoms with Gasteiger partial charge >= 0.3 is 33.0 Å². The van der Waals surface area contributed by atoms with Gasteiger partial charge in [-0.1, -0.05) is 26.0 Å². The van der Waals surface area contributed by atoms with Crippen molar-refractivity contribution in [3.63, 3.8) is 0 Å². The first-order valence-corrected chi connectivity index (χ1v) is 10.8. The Morgan fingerprint density at radius 1 is 0.931 bits per heavy atom. The van der Waals surface area contributed by atoms with Gasteiger partial charge in [0, 0.05) is 17.8 Å². The first-order valence-electron chi connectivity index (χ1n) is 8.75. The zero-order valence-electron chi connectivity index (χ0n) is 16.0. The van der Waals surface area contributed by atoms with Gasteiger partial charge in [0.2, 0.25) is 6.34 Å². The summed E-state index contributed by atoms with van der Waals surface area (Å²) in [5.41, 5.74) is 2.46. The summed E-state index contributed by atoms with van der Waals surface area (Å²) in [6, 6.07) is 12.2. The predicted octanol–water partition coefficient (Wildman–Crippen LogP) is 5.94. The number of hydrogen-bond acceptors (Lipinski definition) is 3. The Balaban J connectivity index is 0.000000370. The first-order chi connectivity index (χ1) is 13.1. The molecule has 3 heterocycles. The minimum atomic E-state index is -10.7. The summed E-state index contributed by atoms with van der Waals surface area (Å²) in [4.78, 5) is 11.2. The van der Waals surface area contributed by atoms with Crippen molar-refractivity contribution in [2.45, 2.75) is 26.9 Å². The van der Waals surface area contributed by atoms with Crippen LogP contribution in [0.5, 0.6) is 0 Å². The molecule has 0 aliphatic carbocycles. The number of hydrogen-bond donors (Lipinski definition) is 0. The van der Waals surface area contributed by atoms with Crippen molar-refractivity contribution < 1.29 is 29.8 Å². The summed E-state index contributed by atoms with van der Waals surface area (Å²) in [6.45, 7) is 8.42. The quantitative estimate of drug-likeness (QED) is 0.335.